The fourth-order valence-corrected chi connectivity index (χ4v) is 0.897. The Morgan fingerprint density at radius 3 is 2.31 bits per heavy atom. The molecule has 0 aromatic heterocycles. The van der Waals surface area contributed by atoms with Crippen molar-refractivity contribution in [2.45, 2.75) is 0 Å². The fourth-order valence-electron chi connectivity index (χ4n) is 0.897. The molecule has 0 heterocycles. The maximum atomic E-state index is 11.3. The predicted octanol–water partition coefficient (Wildman–Crippen LogP) is 0.749. The maximum Gasteiger partial charge on any atom is 0.246 e. The van der Waals surface area contributed by atoms with Gasteiger partial charge in [-0.3, -0.25) is 4.79 Å². The third kappa shape index (κ3) is 5.20. The molecule has 0 unspecified atom stereocenters. The van der Waals surface area contributed by atoms with Gasteiger partial charge in [0.15, 0.2) is 0 Å². The molecule has 0 saturated carbocycles. The van der Waals surface area contributed by atoms with Crippen LogP contribution in [0.4, 0.5) is 0 Å². The zero-order valence-electron chi connectivity index (χ0n) is 8.49. The number of rotatable bonds is 6. The third-order valence-electron chi connectivity index (χ3n) is 1.65. The Balaban J connectivity index is 4.00. The lowest BCUT2D eigenvalue weighted by Crippen LogP contribution is -2.35. The lowest BCUT2D eigenvalue weighted by atomic mass is 10.4. The molecular weight excluding hydrogens is 164 g/mol. The highest BCUT2D eigenvalue weighted by molar-refractivity contribution is 5.87. The van der Waals surface area contributed by atoms with E-state index >= 15 is 0 Å². The standard InChI is InChI=1S/C10H18N2O/c1-5-7-12(10(13)6-2)9-8-11(3)4/h5-6H,1-2,7-9H2,3-4H3. The first-order chi connectivity index (χ1) is 6.11. The van der Waals surface area contributed by atoms with Crippen molar-refractivity contribution < 1.29 is 4.79 Å². The minimum absolute atomic E-state index is 0.0400. The van der Waals surface area contributed by atoms with E-state index in [9.17, 15) is 4.79 Å². The average molecular weight is 182 g/mol. The number of hydrogen-bond donors (Lipinski definition) is 0. The van der Waals surface area contributed by atoms with Gasteiger partial charge in [0.05, 0.1) is 0 Å². The summed E-state index contributed by atoms with van der Waals surface area (Å²) >= 11 is 0. The molecule has 0 aliphatic rings. The highest BCUT2D eigenvalue weighted by atomic mass is 16.2. The summed E-state index contributed by atoms with van der Waals surface area (Å²) in [7, 11) is 3.95. The first-order valence-corrected chi connectivity index (χ1v) is 4.28. The fraction of sp³-hybridized carbons (Fsp3) is 0.500. The number of carbonyl (C=O) groups excluding carboxylic acids is 1. The molecule has 1 amide bonds. The van der Waals surface area contributed by atoms with Gasteiger partial charge in [-0.15, -0.1) is 6.58 Å². The molecule has 0 aromatic carbocycles. The van der Waals surface area contributed by atoms with Crippen LogP contribution in [0.25, 0.3) is 0 Å². The number of amides is 1. The van der Waals surface area contributed by atoms with Crippen LogP contribution in [0.1, 0.15) is 0 Å². The van der Waals surface area contributed by atoms with E-state index < -0.39 is 0 Å². The molecule has 0 aliphatic carbocycles. The van der Waals surface area contributed by atoms with E-state index in [2.05, 4.69) is 13.2 Å². The highest BCUT2D eigenvalue weighted by Crippen LogP contribution is 1.92. The van der Waals surface area contributed by atoms with E-state index in [0.717, 1.165) is 6.54 Å². The van der Waals surface area contributed by atoms with Crippen LogP contribution < -0.4 is 0 Å². The molecule has 0 bridgehead atoms. The summed E-state index contributed by atoms with van der Waals surface area (Å²) in [4.78, 5) is 15.0. The number of likely N-dealkylation sites (N-methyl/N-ethyl adjacent to an activating group) is 1. The van der Waals surface area contributed by atoms with Crippen LogP contribution in [0.15, 0.2) is 25.3 Å². The van der Waals surface area contributed by atoms with Crippen molar-refractivity contribution in [1.29, 1.82) is 0 Å². The van der Waals surface area contributed by atoms with Gasteiger partial charge in [0.25, 0.3) is 0 Å². The molecule has 0 fully saturated rings. The first kappa shape index (κ1) is 11.9. The lowest BCUT2D eigenvalue weighted by Gasteiger charge is -2.21. The molecule has 3 nitrogen and oxygen atoms in total. The van der Waals surface area contributed by atoms with Gasteiger partial charge in [0.1, 0.15) is 0 Å². The van der Waals surface area contributed by atoms with Crippen molar-refractivity contribution in [3.05, 3.63) is 25.3 Å². The summed E-state index contributed by atoms with van der Waals surface area (Å²) in [5, 5.41) is 0. The molecule has 0 N–H and O–H groups in total. The normalized spacial score (nSPS) is 9.77. The predicted molar refractivity (Wildman–Crippen MR) is 55.5 cm³/mol. The van der Waals surface area contributed by atoms with Crippen LogP contribution in [-0.4, -0.2) is 49.4 Å². The summed E-state index contributed by atoms with van der Waals surface area (Å²) in [5.74, 6) is -0.0400. The molecule has 0 aliphatic heterocycles. The van der Waals surface area contributed by atoms with Crippen molar-refractivity contribution in [1.82, 2.24) is 9.80 Å². The van der Waals surface area contributed by atoms with Gasteiger partial charge in [-0.05, 0) is 20.2 Å². The van der Waals surface area contributed by atoms with Gasteiger partial charge < -0.3 is 9.80 Å². The average Bonchev–Trinajstić information content (AvgIpc) is 2.10. The Bertz CT molecular complexity index is 187. The van der Waals surface area contributed by atoms with Crippen LogP contribution in [0, 0.1) is 0 Å². The van der Waals surface area contributed by atoms with Crippen molar-refractivity contribution in [3.63, 3.8) is 0 Å². The van der Waals surface area contributed by atoms with Crippen molar-refractivity contribution in [2.75, 3.05) is 33.7 Å². The first-order valence-electron chi connectivity index (χ1n) is 4.28. The summed E-state index contributed by atoms with van der Waals surface area (Å²) in [6.07, 6.45) is 3.05. The Hall–Kier alpha value is -1.09. The largest absolute Gasteiger partial charge is 0.334 e. The molecule has 0 radical (unpaired) electrons. The number of hydrogen-bond acceptors (Lipinski definition) is 2. The van der Waals surface area contributed by atoms with E-state index in [4.69, 9.17) is 0 Å². The number of carbonyl (C=O) groups is 1. The summed E-state index contributed by atoms with van der Waals surface area (Å²) in [6.45, 7) is 9.20. The molecule has 3 heteroatoms. The molecule has 13 heavy (non-hydrogen) atoms. The lowest BCUT2D eigenvalue weighted by molar-refractivity contribution is -0.125. The Morgan fingerprint density at radius 1 is 1.31 bits per heavy atom. The van der Waals surface area contributed by atoms with Crippen LogP contribution in [0.2, 0.25) is 0 Å². The molecule has 0 atom stereocenters. The molecular formula is C10H18N2O. The van der Waals surface area contributed by atoms with Gasteiger partial charge >= 0.3 is 0 Å². The van der Waals surface area contributed by atoms with Crippen LogP contribution >= 0.6 is 0 Å². The second-order valence-electron chi connectivity index (χ2n) is 3.08. The molecule has 0 rings (SSSR count). The van der Waals surface area contributed by atoms with E-state index in [-0.39, 0.29) is 5.91 Å². The van der Waals surface area contributed by atoms with E-state index in [0.29, 0.717) is 13.1 Å². The number of nitrogens with zero attached hydrogens (tertiary/aromatic N) is 2. The van der Waals surface area contributed by atoms with Gasteiger partial charge in [-0.25, -0.2) is 0 Å². The van der Waals surface area contributed by atoms with E-state index in [1.807, 2.05) is 19.0 Å². The van der Waals surface area contributed by atoms with Crippen molar-refractivity contribution >= 4 is 5.91 Å². The van der Waals surface area contributed by atoms with E-state index in [1.54, 1.807) is 11.0 Å². The molecule has 74 valence electrons. The van der Waals surface area contributed by atoms with E-state index in [1.165, 1.54) is 6.08 Å². The Kier molecular flexibility index (Phi) is 5.89. The Labute approximate surface area is 80.3 Å². The SMILES string of the molecule is C=CCN(CCN(C)C)C(=O)C=C. The molecule has 0 saturated heterocycles. The zero-order chi connectivity index (χ0) is 10.3. The summed E-state index contributed by atoms with van der Waals surface area (Å²) in [6, 6.07) is 0. The second-order valence-corrected chi connectivity index (χ2v) is 3.08. The van der Waals surface area contributed by atoms with Crippen molar-refractivity contribution in [3.8, 4) is 0 Å². The van der Waals surface area contributed by atoms with Gasteiger partial charge in [-0.1, -0.05) is 12.7 Å². The summed E-state index contributed by atoms with van der Waals surface area (Å²) in [5.41, 5.74) is 0. The van der Waals surface area contributed by atoms with Gasteiger partial charge in [-0.2, -0.15) is 0 Å². The highest BCUT2D eigenvalue weighted by Gasteiger charge is 2.07. The maximum absolute atomic E-state index is 11.3. The Morgan fingerprint density at radius 2 is 1.92 bits per heavy atom. The van der Waals surface area contributed by atoms with Crippen LogP contribution in [0.5, 0.6) is 0 Å². The molecule has 0 spiro atoms. The topological polar surface area (TPSA) is 23.6 Å². The van der Waals surface area contributed by atoms with Crippen LogP contribution in [0.3, 0.4) is 0 Å². The smallest absolute Gasteiger partial charge is 0.246 e. The van der Waals surface area contributed by atoms with Gasteiger partial charge in [0, 0.05) is 19.6 Å². The minimum Gasteiger partial charge on any atom is -0.334 e. The quantitative estimate of drug-likeness (QED) is 0.447. The summed E-state index contributed by atoms with van der Waals surface area (Å²) < 4.78 is 0. The third-order valence-corrected chi connectivity index (χ3v) is 1.65. The molecule has 0 aromatic rings. The monoisotopic (exact) mass is 182 g/mol. The second kappa shape index (κ2) is 6.43. The van der Waals surface area contributed by atoms with Crippen LogP contribution in [-0.2, 0) is 4.79 Å². The van der Waals surface area contributed by atoms with Gasteiger partial charge in [0.2, 0.25) is 5.91 Å². The minimum atomic E-state index is -0.0400. The van der Waals surface area contributed by atoms with Crippen molar-refractivity contribution in [2.24, 2.45) is 0 Å². The zero-order valence-corrected chi connectivity index (χ0v) is 8.49.